The average molecular weight is 463 g/mol. The van der Waals surface area contributed by atoms with E-state index < -0.39 is 11.9 Å². The van der Waals surface area contributed by atoms with Crippen LogP contribution in [-0.2, 0) is 31.9 Å². The van der Waals surface area contributed by atoms with E-state index >= 15 is 0 Å². The monoisotopic (exact) mass is 462 g/mol. The SMILES string of the molecule is NC(COC(=O)CCC(=O)OCC(N)Cc1c[nH]c2ccccc12)Cc1c[nH]c2ccccc12. The summed E-state index contributed by atoms with van der Waals surface area (Å²) in [6.45, 7) is 0.172. The fourth-order valence-electron chi connectivity index (χ4n) is 4.03. The highest BCUT2D eigenvalue weighted by molar-refractivity contribution is 5.84. The minimum atomic E-state index is -0.477. The van der Waals surface area contributed by atoms with Gasteiger partial charge >= 0.3 is 11.9 Å². The van der Waals surface area contributed by atoms with Gasteiger partial charge in [0.15, 0.2) is 0 Å². The van der Waals surface area contributed by atoms with Gasteiger partial charge in [0.25, 0.3) is 0 Å². The highest BCUT2D eigenvalue weighted by Gasteiger charge is 2.15. The van der Waals surface area contributed by atoms with Crippen molar-refractivity contribution in [2.24, 2.45) is 11.5 Å². The molecule has 2 heterocycles. The summed E-state index contributed by atoms with van der Waals surface area (Å²) >= 11 is 0. The molecule has 0 radical (unpaired) electrons. The summed E-state index contributed by atoms with van der Waals surface area (Å²) in [6.07, 6.45) is 4.88. The third-order valence-electron chi connectivity index (χ3n) is 5.76. The molecule has 0 saturated carbocycles. The number of aromatic amines is 2. The second-order valence-corrected chi connectivity index (χ2v) is 8.51. The standard InChI is InChI=1S/C26H30N4O4/c27-19(11-17-13-29-23-7-3-1-5-21(17)23)15-33-25(31)9-10-26(32)34-16-20(28)12-18-14-30-24-8-4-2-6-22(18)24/h1-8,13-14,19-20,29-30H,9-12,15-16,27-28H2. The van der Waals surface area contributed by atoms with Crippen molar-refractivity contribution in [1.82, 2.24) is 9.97 Å². The maximum atomic E-state index is 12.0. The lowest BCUT2D eigenvalue weighted by molar-refractivity contribution is -0.150. The molecule has 8 nitrogen and oxygen atoms in total. The molecular weight excluding hydrogens is 432 g/mol. The molecule has 0 spiro atoms. The number of para-hydroxylation sites is 2. The Balaban J connectivity index is 1.13. The van der Waals surface area contributed by atoms with Crippen LogP contribution in [0.2, 0.25) is 0 Å². The zero-order chi connectivity index (χ0) is 23.9. The van der Waals surface area contributed by atoms with Crippen LogP contribution in [0.1, 0.15) is 24.0 Å². The first-order valence-corrected chi connectivity index (χ1v) is 11.4. The maximum absolute atomic E-state index is 12.0. The van der Waals surface area contributed by atoms with Crippen molar-refractivity contribution in [3.63, 3.8) is 0 Å². The van der Waals surface area contributed by atoms with E-state index in [1.165, 1.54) is 0 Å². The molecule has 178 valence electrons. The molecule has 8 heteroatoms. The van der Waals surface area contributed by atoms with E-state index in [2.05, 4.69) is 9.97 Å². The molecule has 6 N–H and O–H groups in total. The van der Waals surface area contributed by atoms with Gasteiger partial charge in [-0.15, -0.1) is 0 Å². The van der Waals surface area contributed by atoms with E-state index in [4.69, 9.17) is 20.9 Å². The van der Waals surface area contributed by atoms with Crippen LogP contribution >= 0.6 is 0 Å². The molecule has 0 aliphatic heterocycles. The molecule has 0 aliphatic rings. The Bertz CT molecular complexity index is 1160. The molecule has 4 rings (SSSR count). The Hall–Kier alpha value is -3.62. The van der Waals surface area contributed by atoms with Crippen LogP contribution in [0, 0.1) is 0 Å². The van der Waals surface area contributed by atoms with Crippen LogP contribution < -0.4 is 11.5 Å². The highest BCUT2D eigenvalue weighted by atomic mass is 16.5. The van der Waals surface area contributed by atoms with Gasteiger partial charge in [-0.1, -0.05) is 36.4 Å². The molecule has 0 aliphatic carbocycles. The van der Waals surface area contributed by atoms with Gasteiger partial charge in [0.1, 0.15) is 13.2 Å². The number of nitrogens with one attached hydrogen (secondary N) is 2. The van der Waals surface area contributed by atoms with E-state index in [-0.39, 0.29) is 38.1 Å². The summed E-state index contributed by atoms with van der Waals surface area (Å²) in [5.74, 6) is -0.955. The van der Waals surface area contributed by atoms with E-state index in [1.807, 2.05) is 60.9 Å². The van der Waals surface area contributed by atoms with Crippen molar-refractivity contribution < 1.29 is 19.1 Å². The largest absolute Gasteiger partial charge is 0.464 e. The predicted molar refractivity (Wildman–Crippen MR) is 131 cm³/mol. The zero-order valence-electron chi connectivity index (χ0n) is 19.0. The summed E-state index contributed by atoms with van der Waals surface area (Å²) in [7, 11) is 0. The predicted octanol–water partition coefficient (Wildman–Crippen LogP) is 2.96. The zero-order valence-corrected chi connectivity index (χ0v) is 19.0. The Morgan fingerprint density at radius 2 is 1.12 bits per heavy atom. The van der Waals surface area contributed by atoms with Crippen molar-refractivity contribution in [2.45, 2.75) is 37.8 Å². The first kappa shape index (κ1) is 23.5. The van der Waals surface area contributed by atoms with Gasteiger partial charge in [-0.3, -0.25) is 9.59 Å². The lowest BCUT2D eigenvalue weighted by atomic mass is 10.1. The normalized spacial score (nSPS) is 13.1. The van der Waals surface area contributed by atoms with Crippen molar-refractivity contribution in [1.29, 1.82) is 0 Å². The molecule has 2 unspecified atom stereocenters. The fraction of sp³-hybridized carbons (Fsp3) is 0.308. The van der Waals surface area contributed by atoms with E-state index in [1.54, 1.807) is 0 Å². The van der Waals surface area contributed by atoms with Gasteiger partial charge in [-0.25, -0.2) is 0 Å². The minimum absolute atomic E-state index is 0.0592. The third-order valence-corrected chi connectivity index (χ3v) is 5.76. The molecule has 4 aromatic rings. The first-order valence-electron chi connectivity index (χ1n) is 11.4. The molecule has 0 fully saturated rings. The number of ether oxygens (including phenoxy) is 2. The number of rotatable bonds is 11. The number of esters is 2. The number of carbonyl (C=O) groups excluding carboxylic acids is 2. The van der Waals surface area contributed by atoms with Crippen LogP contribution in [0.25, 0.3) is 21.8 Å². The van der Waals surface area contributed by atoms with Gasteiger partial charge in [0.2, 0.25) is 0 Å². The summed E-state index contributed by atoms with van der Waals surface area (Å²) < 4.78 is 10.5. The van der Waals surface area contributed by atoms with Gasteiger partial charge in [0.05, 0.1) is 12.8 Å². The van der Waals surface area contributed by atoms with Crippen LogP contribution in [0.3, 0.4) is 0 Å². The summed E-state index contributed by atoms with van der Waals surface area (Å²) in [6, 6.07) is 15.3. The lowest BCUT2D eigenvalue weighted by Gasteiger charge is -2.13. The number of fused-ring (bicyclic) bond motifs is 2. The second-order valence-electron chi connectivity index (χ2n) is 8.51. The maximum Gasteiger partial charge on any atom is 0.306 e. The number of aromatic nitrogens is 2. The lowest BCUT2D eigenvalue weighted by Crippen LogP contribution is -2.31. The van der Waals surface area contributed by atoms with Crippen LogP contribution in [0.4, 0.5) is 0 Å². The topological polar surface area (TPSA) is 136 Å². The van der Waals surface area contributed by atoms with Gasteiger partial charge in [-0.2, -0.15) is 0 Å². The fourth-order valence-corrected chi connectivity index (χ4v) is 4.03. The molecule has 0 bridgehead atoms. The Kier molecular flexibility index (Phi) is 7.61. The summed E-state index contributed by atoms with van der Waals surface area (Å²) in [5.41, 5.74) is 16.5. The Labute approximate surface area is 197 Å². The highest BCUT2D eigenvalue weighted by Crippen LogP contribution is 2.20. The molecule has 0 amide bonds. The van der Waals surface area contributed by atoms with Crippen molar-refractivity contribution in [2.75, 3.05) is 13.2 Å². The number of nitrogens with two attached hydrogens (primary N) is 2. The van der Waals surface area contributed by atoms with Gasteiger partial charge in [-0.05, 0) is 36.1 Å². The van der Waals surface area contributed by atoms with Gasteiger partial charge in [0, 0.05) is 46.3 Å². The van der Waals surface area contributed by atoms with Crippen LogP contribution in [-0.4, -0.2) is 47.2 Å². The van der Waals surface area contributed by atoms with Crippen LogP contribution in [0.5, 0.6) is 0 Å². The Morgan fingerprint density at radius 3 is 1.56 bits per heavy atom. The summed E-state index contributed by atoms with van der Waals surface area (Å²) in [5, 5.41) is 2.21. The number of benzene rings is 2. The molecule has 0 saturated heterocycles. The van der Waals surface area contributed by atoms with E-state index in [0.29, 0.717) is 12.8 Å². The van der Waals surface area contributed by atoms with Gasteiger partial charge < -0.3 is 30.9 Å². The van der Waals surface area contributed by atoms with Crippen LogP contribution in [0.15, 0.2) is 60.9 Å². The van der Waals surface area contributed by atoms with Crippen molar-refractivity contribution in [3.05, 3.63) is 72.1 Å². The second kappa shape index (κ2) is 11.0. The molecular formula is C26H30N4O4. The van der Waals surface area contributed by atoms with E-state index in [0.717, 1.165) is 32.9 Å². The van der Waals surface area contributed by atoms with Crippen molar-refractivity contribution >= 4 is 33.7 Å². The third kappa shape index (κ3) is 6.03. The smallest absolute Gasteiger partial charge is 0.306 e. The molecule has 2 aromatic carbocycles. The minimum Gasteiger partial charge on any atom is -0.464 e. The van der Waals surface area contributed by atoms with E-state index in [9.17, 15) is 9.59 Å². The number of carbonyl (C=O) groups is 2. The van der Waals surface area contributed by atoms with Crippen molar-refractivity contribution in [3.8, 4) is 0 Å². The first-order chi connectivity index (χ1) is 16.5. The number of hydrogen-bond donors (Lipinski definition) is 4. The average Bonchev–Trinajstić information content (AvgIpc) is 3.44. The number of hydrogen-bond acceptors (Lipinski definition) is 6. The molecule has 2 aromatic heterocycles. The summed E-state index contributed by atoms with van der Waals surface area (Å²) in [4.78, 5) is 30.5. The molecule has 34 heavy (non-hydrogen) atoms. The molecule has 2 atom stereocenters. The quantitative estimate of drug-likeness (QED) is 0.253. The Morgan fingerprint density at radius 1 is 0.706 bits per heavy atom. The number of H-pyrrole nitrogens is 2.